The van der Waals surface area contributed by atoms with Crippen LogP contribution in [0.5, 0.6) is 5.75 Å². The molecule has 1 saturated heterocycles. The molecule has 28 heavy (non-hydrogen) atoms. The Morgan fingerprint density at radius 3 is 2.64 bits per heavy atom. The number of aromatic nitrogens is 2. The van der Waals surface area contributed by atoms with Gasteiger partial charge in [0.1, 0.15) is 11.4 Å². The van der Waals surface area contributed by atoms with E-state index in [1.807, 2.05) is 25.1 Å². The van der Waals surface area contributed by atoms with Crippen molar-refractivity contribution in [1.82, 2.24) is 24.9 Å². The Hall–Kier alpha value is -2.38. The summed E-state index contributed by atoms with van der Waals surface area (Å²) in [6.45, 7) is 11.6. The van der Waals surface area contributed by atoms with Crippen LogP contribution in [0.1, 0.15) is 29.4 Å². The second-order valence-corrected chi connectivity index (χ2v) is 7.21. The highest BCUT2D eigenvalue weighted by Gasteiger charge is 2.15. The summed E-state index contributed by atoms with van der Waals surface area (Å²) in [6, 6.07) is 7.63. The number of carbonyl (C=O) groups is 1. The van der Waals surface area contributed by atoms with Crippen LogP contribution < -0.4 is 10.1 Å². The van der Waals surface area contributed by atoms with Gasteiger partial charge in [0.25, 0.3) is 5.91 Å². The van der Waals surface area contributed by atoms with Crippen molar-refractivity contribution in [3.8, 4) is 11.4 Å². The second kappa shape index (κ2) is 9.71. The lowest BCUT2D eigenvalue weighted by Crippen LogP contribution is -2.46. The maximum atomic E-state index is 12.4. The summed E-state index contributed by atoms with van der Waals surface area (Å²) < 4.78 is 7.09. The first-order valence-corrected chi connectivity index (χ1v) is 10.0. The molecule has 1 fully saturated rings. The van der Waals surface area contributed by atoms with E-state index in [1.54, 1.807) is 24.1 Å². The molecule has 7 nitrogen and oxygen atoms in total. The van der Waals surface area contributed by atoms with E-state index < -0.39 is 0 Å². The quantitative estimate of drug-likeness (QED) is 0.704. The molecule has 1 amide bonds. The van der Waals surface area contributed by atoms with Gasteiger partial charge in [-0.25, -0.2) is 4.68 Å². The summed E-state index contributed by atoms with van der Waals surface area (Å²) >= 11 is 0. The van der Waals surface area contributed by atoms with Gasteiger partial charge in [0.05, 0.1) is 7.11 Å². The van der Waals surface area contributed by atoms with E-state index in [0.717, 1.165) is 62.7 Å². The van der Waals surface area contributed by atoms with Gasteiger partial charge in [-0.05, 0) is 50.2 Å². The Balaban J connectivity index is 1.48. The number of amides is 1. The smallest absolute Gasteiger partial charge is 0.271 e. The van der Waals surface area contributed by atoms with Crippen molar-refractivity contribution in [2.24, 2.45) is 0 Å². The molecular formula is C21H31N5O2. The van der Waals surface area contributed by atoms with Gasteiger partial charge in [0.2, 0.25) is 0 Å². The largest absolute Gasteiger partial charge is 0.494 e. The van der Waals surface area contributed by atoms with Crippen molar-refractivity contribution >= 4 is 5.91 Å². The fraction of sp³-hybridized carbons (Fsp3) is 0.524. The molecule has 0 atom stereocenters. The molecule has 152 valence electrons. The lowest BCUT2D eigenvalue weighted by atomic mass is 10.2. The van der Waals surface area contributed by atoms with Crippen LogP contribution >= 0.6 is 0 Å². The summed E-state index contributed by atoms with van der Waals surface area (Å²) in [7, 11) is 1.63. The summed E-state index contributed by atoms with van der Waals surface area (Å²) in [5.41, 5.74) is 2.35. The van der Waals surface area contributed by atoms with Gasteiger partial charge in [-0.1, -0.05) is 13.0 Å². The fourth-order valence-electron chi connectivity index (χ4n) is 3.48. The molecular weight excluding hydrogens is 354 g/mol. The van der Waals surface area contributed by atoms with Crippen molar-refractivity contribution in [3.05, 3.63) is 41.7 Å². The minimum atomic E-state index is -0.138. The number of likely N-dealkylation sites (N-methyl/N-ethyl adjacent to an activating group) is 1. The highest BCUT2D eigenvalue weighted by Crippen LogP contribution is 2.23. The number of rotatable bonds is 8. The lowest BCUT2D eigenvalue weighted by molar-refractivity contribution is 0.0943. The van der Waals surface area contributed by atoms with Crippen LogP contribution in [-0.2, 0) is 0 Å². The van der Waals surface area contributed by atoms with Gasteiger partial charge in [-0.2, -0.15) is 5.10 Å². The van der Waals surface area contributed by atoms with Gasteiger partial charge < -0.3 is 19.9 Å². The summed E-state index contributed by atoms with van der Waals surface area (Å²) in [5.74, 6) is 0.588. The van der Waals surface area contributed by atoms with Gasteiger partial charge in [-0.3, -0.25) is 4.79 Å². The molecule has 0 aliphatic carbocycles. The molecule has 1 aliphatic heterocycles. The van der Waals surface area contributed by atoms with Crippen molar-refractivity contribution < 1.29 is 9.53 Å². The zero-order valence-corrected chi connectivity index (χ0v) is 17.1. The molecule has 0 bridgehead atoms. The Morgan fingerprint density at radius 1 is 1.18 bits per heavy atom. The Bertz CT molecular complexity index is 781. The van der Waals surface area contributed by atoms with Crippen LogP contribution in [0.25, 0.3) is 5.69 Å². The Labute approximate surface area is 167 Å². The monoisotopic (exact) mass is 385 g/mol. The third kappa shape index (κ3) is 5.11. The minimum absolute atomic E-state index is 0.138. The molecule has 2 aromatic rings. The minimum Gasteiger partial charge on any atom is -0.494 e. The van der Waals surface area contributed by atoms with Crippen molar-refractivity contribution in [3.63, 3.8) is 0 Å². The Morgan fingerprint density at radius 2 is 1.93 bits per heavy atom. The second-order valence-electron chi connectivity index (χ2n) is 7.21. The first kappa shape index (κ1) is 20.4. The van der Waals surface area contributed by atoms with Gasteiger partial charge in [0.15, 0.2) is 5.69 Å². The summed E-state index contributed by atoms with van der Waals surface area (Å²) in [6.07, 6.45) is 2.74. The van der Waals surface area contributed by atoms with Crippen molar-refractivity contribution in [2.75, 3.05) is 52.9 Å². The molecule has 7 heteroatoms. The highest BCUT2D eigenvalue weighted by molar-refractivity contribution is 5.92. The third-order valence-electron chi connectivity index (χ3n) is 5.25. The van der Waals surface area contributed by atoms with Crippen molar-refractivity contribution in [2.45, 2.75) is 20.3 Å². The molecule has 0 spiro atoms. The zero-order chi connectivity index (χ0) is 19.9. The summed E-state index contributed by atoms with van der Waals surface area (Å²) in [4.78, 5) is 17.3. The first-order chi connectivity index (χ1) is 13.6. The van der Waals surface area contributed by atoms with Gasteiger partial charge in [-0.15, -0.1) is 0 Å². The number of carbonyl (C=O) groups excluding carboxylic acids is 1. The van der Waals surface area contributed by atoms with E-state index in [-0.39, 0.29) is 5.91 Å². The van der Waals surface area contributed by atoms with Crippen molar-refractivity contribution in [1.29, 1.82) is 0 Å². The van der Waals surface area contributed by atoms with Crippen LogP contribution in [-0.4, -0.2) is 78.4 Å². The zero-order valence-electron chi connectivity index (χ0n) is 17.1. The van der Waals surface area contributed by atoms with Gasteiger partial charge in [0, 0.05) is 38.9 Å². The molecule has 0 unspecified atom stereocenters. The predicted octanol–water partition coefficient (Wildman–Crippen LogP) is 1.95. The molecule has 1 aromatic carbocycles. The molecule has 1 aromatic heterocycles. The normalized spacial score (nSPS) is 15.5. The van der Waals surface area contributed by atoms with E-state index in [0.29, 0.717) is 12.2 Å². The number of hydrogen-bond donors (Lipinski definition) is 1. The highest BCUT2D eigenvalue weighted by atomic mass is 16.5. The maximum absolute atomic E-state index is 12.4. The maximum Gasteiger partial charge on any atom is 0.271 e. The molecule has 0 saturated carbocycles. The standard InChI is InChI=1S/C21H31N5O2/c1-4-24-12-14-25(15-13-24)10-5-9-22-21(27)18-8-11-26(23-18)19-16-17(2)6-7-20(19)28-3/h6-8,11,16H,4-5,9-10,12-15H2,1-3H3,(H,22,27). The van der Waals surface area contributed by atoms with Crippen LogP contribution in [0.15, 0.2) is 30.5 Å². The molecule has 2 heterocycles. The Kier molecular flexibility index (Phi) is 7.06. The van der Waals surface area contributed by atoms with Gasteiger partial charge >= 0.3 is 0 Å². The molecule has 1 N–H and O–H groups in total. The SMILES string of the molecule is CCN1CCN(CCCNC(=O)c2ccn(-c3cc(C)ccc3OC)n2)CC1. The topological polar surface area (TPSA) is 62.6 Å². The molecule has 1 aliphatic rings. The average Bonchev–Trinajstić information content (AvgIpc) is 3.21. The lowest BCUT2D eigenvalue weighted by Gasteiger charge is -2.33. The number of hydrogen-bond acceptors (Lipinski definition) is 5. The summed E-state index contributed by atoms with van der Waals surface area (Å²) in [5, 5.41) is 7.41. The predicted molar refractivity (Wildman–Crippen MR) is 110 cm³/mol. The van der Waals surface area contributed by atoms with Crippen LogP contribution in [0.4, 0.5) is 0 Å². The fourth-order valence-corrected chi connectivity index (χ4v) is 3.48. The number of piperazine rings is 1. The third-order valence-corrected chi connectivity index (χ3v) is 5.25. The van der Waals surface area contributed by atoms with E-state index in [2.05, 4.69) is 27.1 Å². The van der Waals surface area contributed by atoms with E-state index in [4.69, 9.17) is 4.74 Å². The number of methoxy groups -OCH3 is 1. The average molecular weight is 386 g/mol. The van der Waals surface area contributed by atoms with Crippen LogP contribution in [0.2, 0.25) is 0 Å². The molecule has 0 radical (unpaired) electrons. The molecule has 3 rings (SSSR count). The van der Waals surface area contributed by atoms with Crippen LogP contribution in [0.3, 0.4) is 0 Å². The van der Waals surface area contributed by atoms with E-state index in [1.165, 1.54) is 0 Å². The first-order valence-electron chi connectivity index (χ1n) is 10.0. The number of nitrogens with zero attached hydrogens (tertiary/aromatic N) is 4. The number of nitrogens with one attached hydrogen (secondary N) is 1. The number of ether oxygens (including phenoxy) is 1. The van der Waals surface area contributed by atoms with E-state index >= 15 is 0 Å². The number of benzene rings is 1. The number of aryl methyl sites for hydroxylation is 1. The van der Waals surface area contributed by atoms with E-state index in [9.17, 15) is 4.79 Å². The van der Waals surface area contributed by atoms with Crippen LogP contribution in [0, 0.1) is 6.92 Å².